The van der Waals surface area contributed by atoms with Crippen LogP contribution in [0.4, 0.5) is 0 Å². The first-order valence-electron chi connectivity index (χ1n) is 28.6. The van der Waals surface area contributed by atoms with Crippen LogP contribution >= 0.6 is 0 Å². The molecule has 7 aromatic rings. The monoisotopic (exact) mass is 1210 g/mol. The van der Waals surface area contributed by atoms with Crippen LogP contribution in [0.5, 0.6) is 23.0 Å². The molecule has 0 spiro atoms. The Morgan fingerprint density at radius 2 is 0.989 bits per heavy atom. The van der Waals surface area contributed by atoms with Gasteiger partial charge in [-0.3, -0.25) is 0 Å². The number of ether oxygens (including phenoxy) is 14. The molecule has 0 aromatic heterocycles. The standard InChI is InChI=1S/C69H64O20/c1-42-56(85-65(74)48-27-17-9-18-28-48)59-61(89-69(2,3)88-59)68(80-42)87-58-57(84-55(70)36-33-43-32-35-51(52(39-43)77-5)81-63(72)46-23-13-7-14-24-46)54(41-79-62(71)45-21-11-6-12-22-45)83-67(60(58)86-66(75)49-29-19-10-20-30-49)78-38-37-44-31-34-50(76-4)53(40-44)82-64(73)47-25-15-8-16-26-47/h6-36,39-40,42,54,56-61,67-68H,37-38,41H2,1-5H3/b36-33+/t42-,54+,56-,57+,58-,59+,60+,61+,67+,68-/m0/s1. The summed E-state index contributed by atoms with van der Waals surface area (Å²) < 4.78 is 87.3. The molecule has 20 nitrogen and oxygen atoms in total. The lowest BCUT2D eigenvalue weighted by atomic mass is 9.96. The van der Waals surface area contributed by atoms with Gasteiger partial charge in [-0.1, -0.05) is 103 Å². The maximum atomic E-state index is 14.6. The minimum atomic E-state index is -1.65. The topological polar surface area (TPSA) is 232 Å². The minimum absolute atomic E-state index is 0.112. The van der Waals surface area contributed by atoms with Crippen molar-refractivity contribution in [3.8, 4) is 23.0 Å². The van der Waals surface area contributed by atoms with Crippen LogP contribution < -0.4 is 18.9 Å². The Bertz CT molecular complexity index is 3600. The van der Waals surface area contributed by atoms with Gasteiger partial charge in [0.1, 0.15) is 31.0 Å². The van der Waals surface area contributed by atoms with Gasteiger partial charge < -0.3 is 66.3 Å². The zero-order valence-corrected chi connectivity index (χ0v) is 49.1. The molecule has 10 rings (SSSR count). The Hall–Kier alpha value is -9.54. The lowest BCUT2D eigenvalue weighted by Crippen LogP contribution is -2.65. The molecule has 0 aliphatic carbocycles. The van der Waals surface area contributed by atoms with Crippen molar-refractivity contribution in [2.45, 2.75) is 94.4 Å². The number of hydrogen-bond acceptors (Lipinski definition) is 20. The number of rotatable bonds is 22. The van der Waals surface area contributed by atoms with Crippen LogP contribution in [0, 0.1) is 0 Å². The fourth-order valence-electron chi connectivity index (χ4n) is 10.2. The van der Waals surface area contributed by atoms with Crippen LogP contribution in [0.25, 0.3) is 6.08 Å². The summed E-state index contributed by atoms with van der Waals surface area (Å²) in [7, 11) is 2.84. The molecule has 10 atom stereocenters. The molecule has 3 aliphatic rings. The molecule has 0 bridgehead atoms. The summed E-state index contributed by atoms with van der Waals surface area (Å²) in [6.45, 7) is 4.23. The van der Waals surface area contributed by atoms with Gasteiger partial charge in [-0.2, -0.15) is 0 Å². The van der Waals surface area contributed by atoms with Crippen molar-refractivity contribution in [1.82, 2.24) is 0 Å². The highest BCUT2D eigenvalue weighted by Gasteiger charge is 2.60. The number of esters is 6. The number of benzene rings is 7. The first-order valence-corrected chi connectivity index (χ1v) is 28.6. The molecule has 0 amide bonds. The largest absolute Gasteiger partial charge is 0.493 e. The van der Waals surface area contributed by atoms with E-state index in [1.54, 1.807) is 185 Å². The van der Waals surface area contributed by atoms with E-state index in [1.807, 2.05) is 0 Å². The van der Waals surface area contributed by atoms with Gasteiger partial charge in [0.2, 0.25) is 0 Å². The summed E-state index contributed by atoms with van der Waals surface area (Å²) in [4.78, 5) is 82.8. The second kappa shape index (κ2) is 29.0. The van der Waals surface area contributed by atoms with E-state index in [1.165, 1.54) is 44.6 Å². The van der Waals surface area contributed by atoms with Crippen molar-refractivity contribution in [2.75, 3.05) is 27.4 Å². The van der Waals surface area contributed by atoms with Crippen LogP contribution in [0.3, 0.4) is 0 Å². The fourth-order valence-corrected chi connectivity index (χ4v) is 10.2. The number of carbonyl (C=O) groups is 6. The molecule has 0 saturated carbocycles. The predicted octanol–water partition coefficient (Wildman–Crippen LogP) is 10.0. The lowest BCUT2D eigenvalue weighted by molar-refractivity contribution is -0.349. The van der Waals surface area contributed by atoms with Gasteiger partial charge in [-0.05, 0) is 129 Å². The molecule has 20 heteroatoms. The third-order valence-electron chi connectivity index (χ3n) is 14.5. The summed E-state index contributed by atoms with van der Waals surface area (Å²) in [5.74, 6) is -5.09. The van der Waals surface area contributed by atoms with E-state index >= 15 is 0 Å². The Kier molecular flexibility index (Phi) is 20.4. The zero-order chi connectivity index (χ0) is 62.4. The molecule has 460 valence electrons. The van der Waals surface area contributed by atoms with E-state index in [0.717, 1.165) is 6.08 Å². The summed E-state index contributed by atoms with van der Waals surface area (Å²) >= 11 is 0. The smallest absolute Gasteiger partial charge is 0.343 e. The van der Waals surface area contributed by atoms with Gasteiger partial charge >= 0.3 is 35.8 Å². The van der Waals surface area contributed by atoms with E-state index in [9.17, 15) is 28.8 Å². The highest BCUT2D eigenvalue weighted by atomic mass is 16.8. The molecule has 0 unspecified atom stereocenters. The maximum Gasteiger partial charge on any atom is 0.343 e. The van der Waals surface area contributed by atoms with Crippen molar-refractivity contribution in [3.05, 3.63) is 233 Å². The van der Waals surface area contributed by atoms with E-state index in [2.05, 4.69) is 0 Å². The van der Waals surface area contributed by atoms with Crippen molar-refractivity contribution in [2.24, 2.45) is 0 Å². The molecule has 7 aromatic carbocycles. The van der Waals surface area contributed by atoms with E-state index < -0.39 is 110 Å². The molecular formula is C69H64O20. The second-order valence-electron chi connectivity index (χ2n) is 21.1. The summed E-state index contributed by atoms with van der Waals surface area (Å²) in [5, 5.41) is 0. The predicted molar refractivity (Wildman–Crippen MR) is 317 cm³/mol. The van der Waals surface area contributed by atoms with Crippen molar-refractivity contribution in [1.29, 1.82) is 0 Å². The van der Waals surface area contributed by atoms with Gasteiger partial charge in [0.25, 0.3) is 0 Å². The Morgan fingerprint density at radius 1 is 0.483 bits per heavy atom. The van der Waals surface area contributed by atoms with Gasteiger partial charge in [0, 0.05) is 6.08 Å². The highest BCUT2D eigenvalue weighted by molar-refractivity contribution is 5.93. The van der Waals surface area contributed by atoms with E-state index in [-0.39, 0.29) is 52.7 Å². The molecular weight excluding hydrogens is 1150 g/mol. The van der Waals surface area contributed by atoms with Gasteiger partial charge in [-0.15, -0.1) is 0 Å². The number of methoxy groups -OCH3 is 2. The molecule has 3 saturated heterocycles. The van der Waals surface area contributed by atoms with Crippen LogP contribution in [-0.4, -0.2) is 130 Å². The molecule has 0 N–H and O–H groups in total. The molecule has 3 heterocycles. The first-order chi connectivity index (χ1) is 43.1. The van der Waals surface area contributed by atoms with Gasteiger partial charge in [0.05, 0.1) is 54.7 Å². The average Bonchev–Trinajstić information content (AvgIpc) is 1.84. The average molecular weight is 1210 g/mol. The molecule has 3 aliphatic heterocycles. The van der Waals surface area contributed by atoms with Gasteiger partial charge in [0.15, 0.2) is 59.7 Å². The highest BCUT2D eigenvalue weighted by Crippen LogP contribution is 2.42. The third kappa shape index (κ3) is 15.8. The Morgan fingerprint density at radius 3 is 1.55 bits per heavy atom. The van der Waals surface area contributed by atoms with E-state index in [4.69, 9.17) is 66.3 Å². The van der Waals surface area contributed by atoms with Crippen LogP contribution in [0.1, 0.15) is 83.7 Å². The van der Waals surface area contributed by atoms with Crippen LogP contribution in [0.15, 0.2) is 194 Å². The molecule has 89 heavy (non-hydrogen) atoms. The number of carbonyl (C=O) groups excluding carboxylic acids is 6. The second-order valence-corrected chi connectivity index (χ2v) is 21.1. The summed E-state index contributed by atoms with van der Waals surface area (Å²) in [6.07, 6.45) is -11.0. The van der Waals surface area contributed by atoms with Crippen molar-refractivity contribution < 1.29 is 95.1 Å². The van der Waals surface area contributed by atoms with Crippen LogP contribution in [0.2, 0.25) is 0 Å². The van der Waals surface area contributed by atoms with Crippen molar-refractivity contribution in [3.63, 3.8) is 0 Å². The van der Waals surface area contributed by atoms with Crippen molar-refractivity contribution >= 4 is 41.9 Å². The maximum absolute atomic E-state index is 14.6. The fraction of sp³-hybridized carbons (Fsp3) is 0.275. The quantitative estimate of drug-likeness (QED) is 0.0266. The lowest BCUT2D eigenvalue weighted by Gasteiger charge is -2.47. The Balaban J connectivity index is 1.01. The summed E-state index contributed by atoms with van der Waals surface area (Å²) in [6, 6.07) is 51.1. The Labute approximate surface area is 512 Å². The molecule has 3 fully saturated rings. The molecule has 0 radical (unpaired) electrons. The third-order valence-corrected chi connectivity index (χ3v) is 14.5. The van der Waals surface area contributed by atoms with E-state index in [0.29, 0.717) is 22.3 Å². The minimum Gasteiger partial charge on any atom is -0.493 e. The zero-order valence-electron chi connectivity index (χ0n) is 49.1. The first kappa shape index (κ1) is 62.5. The van der Waals surface area contributed by atoms with Gasteiger partial charge in [-0.25, -0.2) is 28.8 Å². The number of hydrogen-bond donors (Lipinski definition) is 0. The summed E-state index contributed by atoms with van der Waals surface area (Å²) in [5.41, 5.74) is 2.26. The normalized spacial score (nSPS) is 22.6. The SMILES string of the molecule is COc1cc(/C=C/C(=O)O[C@H]2[C@H](O[C@@H]3O[C@@H](C)[C@H](OC(=O)c4ccccc4)[C@H]4OC(C)(C)O[C@@H]34)[C@@H](OC(=O)c3ccccc3)[C@H](OCCc3ccc(OC)c(OC(=O)c4ccccc4)c3)O[C@@H]2COC(=O)c2ccccc2)ccc1OC(=O)c1ccccc1. The number of fused-ring (bicyclic) bond motifs is 1. The van der Waals surface area contributed by atoms with Crippen LogP contribution in [-0.2, 0) is 58.6 Å².